The van der Waals surface area contributed by atoms with Crippen LogP contribution < -0.4 is 0 Å². The second kappa shape index (κ2) is 5.09. The average Bonchev–Trinajstić information content (AvgIpc) is 2.06. The number of nitrogens with zero attached hydrogens (tertiary/aromatic N) is 1. The van der Waals surface area contributed by atoms with Crippen LogP contribution in [0.3, 0.4) is 0 Å². The Morgan fingerprint density at radius 2 is 2.00 bits per heavy atom. The van der Waals surface area contributed by atoms with E-state index in [9.17, 15) is 4.79 Å². The van der Waals surface area contributed by atoms with E-state index in [4.69, 9.17) is 0 Å². The number of likely N-dealkylation sites (tertiary alicyclic amines) is 1. The van der Waals surface area contributed by atoms with E-state index in [0.29, 0.717) is 0 Å². The molecule has 1 aliphatic heterocycles. The summed E-state index contributed by atoms with van der Waals surface area (Å²) in [7, 11) is 0. The van der Waals surface area contributed by atoms with Crippen molar-refractivity contribution in [2.45, 2.75) is 23.2 Å². The van der Waals surface area contributed by atoms with Crippen molar-refractivity contribution in [3.05, 3.63) is 0 Å². The maximum atomic E-state index is 10.2. The first-order chi connectivity index (χ1) is 5.33. The molecule has 0 aliphatic carbocycles. The average molecular weight is 266 g/mol. The smallest absolute Gasteiger partial charge is 0.213 e. The molecule has 11 heavy (non-hydrogen) atoms. The van der Waals surface area contributed by atoms with Gasteiger partial charge >= 0.3 is 0 Å². The Hall–Kier alpha value is 0.360. The summed E-state index contributed by atoms with van der Waals surface area (Å²) >= 11 is 2.14. The summed E-state index contributed by atoms with van der Waals surface area (Å²) in [6.07, 6.45) is 5.95. The van der Waals surface area contributed by atoms with E-state index in [0.717, 1.165) is 6.54 Å². The van der Waals surface area contributed by atoms with Gasteiger partial charge in [0, 0.05) is 6.54 Å². The van der Waals surface area contributed by atoms with Crippen LogP contribution in [0.1, 0.15) is 19.3 Å². The van der Waals surface area contributed by atoms with E-state index in [1.165, 1.54) is 32.4 Å². The molecule has 1 aliphatic rings. The molecular formula is C8H13INO. The number of hydrogen-bond acceptors (Lipinski definition) is 2. The number of rotatable bonds is 3. The van der Waals surface area contributed by atoms with Gasteiger partial charge in [-0.1, -0.05) is 29.0 Å². The number of carbonyl (C=O) groups excluding carboxylic acids is 1. The molecule has 1 rings (SSSR count). The van der Waals surface area contributed by atoms with Crippen LogP contribution in [0.2, 0.25) is 0 Å². The van der Waals surface area contributed by atoms with Gasteiger partial charge in [0.15, 0.2) is 0 Å². The lowest BCUT2D eigenvalue weighted by Gasteiger charge is -2.26. The Kier molecular flexibility index (Phi) is 4.37. The fraction of sp³-hybridized carbons (Fsp3) is 0.875. The summed E-state index contributed by atoms with van der Waals surface area (Å²) in [6.45, 7) is 3.23. The predicted octanol–water partition coefficient (Wildman–Crippen LogP) is 1.39. The summed E-state index contributed by atoms with van der Waals surface area (Å²) in [5.74, 6) is 0. The van der Waals surface area contributed by atoms with Gasteiger partial charge in [0.25, 0.3) is 0 Å². The highest BCUT2D eigenvalue weighted by atomic mass is 127. The monoisotopic (exact) mass is 266 g/mol. The van der Waals surface area contributed by atoms with Crippen molar-refractivity contribution in [2.75, 3.05) is 19.6 Å². The molecule has 0 N–H and O–H groups in total. The molecular weight excluding hydrogens is 253 g/mol. The molecule has 0 bridgehead atoms. The first-order valence-electron chi connectivity index (χ1n) is 4.07. The van der Waals surface area contributed by atoms with Gasteiger partial charge in [-0.25, -0.2) is 0 Å². The summed E-state index contributed by atoms with van der Waals surface area (Å²) in [5, 5.41) is 0. The van der Waals surface area contributed by atoms with Gasteiger partial charge in [0.2, 0.25) is 6.29 Å². The quantitative estimate of drug-likeness (QED) is 0.568. The first kappa shape index (κ1) is 9.45. The fourth-order valence-corrected chi connectivity index (χ4v) is 1.96. The molecule has 0 amide bonds. The molecule has 0 spiro atoms. The summed E-state index contributed by atoms with van der Waals surface area (Å²) in [5.41, 5.74) is 0. The van der Waals surface area contributed by atoms with Gasteiger partial charge in [-0.05, 0) is 25.9 Å². The highest BCUT2D eigenvalue weighted by Crippen LogP contribution is 2.10. The van der Waals surface area contributed by atoms with Crippen LogP contribution in [-0.4, -0.2) is 34.7 Å². The van der Waals surface area contributed by atoms with Crippen LogP contribution in [0.5, 0.6) is 0 Å². The van der Waals surface area contributed by atoms with Gasteiger partial charge in [0.05, 0.1) is 3.92 Å². The minimum absolute atomic E-state index is 0.0608. The van der Waals surface area contributed by atoms with Crippen molar-refractivity contribution in [3.8, 4) is 0 Å². The van der Waals surface area contributed by atoms with Crippen LogP contribution in [-0.2, 0) is 4.79 Å². The third kappa shape index (κ3) is 3.51. The zero-order valence-corrected chi connectivity index (χ0v) is 8.71. The highest BCUT2D eigenvalue weighted by molar-refractivity contribution is 14.1. The zero-order valence-electron chi connectivity index (χ0n) is 6.55. The molecule has 1 heterocycles. The summed E-state index contributed by atoms with van der Waals surface area (Å²) < 4.78 is 0.0608. The number of piperidine rings is 1. The number of halogens is 1. The molecule has 1 fully saturated rings. The van der Waals surface area contributed by atoms with E-state index >= 15 is 0 Å². The Bertz CT molecular complexity index is 123. The topological polar surface area (TPSA) is 20.3 Å². The molecule has 1 unspecified atom stereocenters. The third-order valence-electron chi connectivity index (χ3n) is 2.00. The predicted molar refractivity (Wildman–Crippen MR) is 53.8 cm³/mol. The van der Waals surface area contributed by atoms with Gasteiger partial charge in [-0.2, -0.15) is 0 Å². The second-order valence-electron chi connectivity index (χ2n) is 2.95. The molecule has 2 nitrogen and oxygen atoms in total. The van der Waals surface area contributed by atoms with Crippen LogP contribution in [0, 0.1) is 0 Å². The van der Waals surface area contributed by atoms with Crippen molar-refractivity contribution in [1.29, 1.82) is 0 Å². The lowest BCUT2D eigenvalue weighted by molar-refractivity contribution is 0.238. The van der Waals surface area contributed by atoms with E-state index in [2.05, 4.69) is 27.5 Å². The molecule has 1 radical (unpaired) electrons. The normalized spacial score (nSPS) is 23.0. The molecule has 0 aromatic rings. The minimum atomic E-state index is 0.0608. The lowest BCUT2D eigenvalue weighted by atomic mass is 10.1. The summed E-state index contributed by atoms with van der Waals surface area (Å²) in [4.78, 5) is 12.6. The van der Waals surface area contributed by atoms with E-state index < -0.39 is 0 Å². The molecule has 0 aromatic carbocycles. The third-order valence-corrected chi connectivity index (χ3v) is 2.64. The van der Waals surface area contributed by atoms with Gasteiger partial charge in [0.1, 0.15) is 0 Å². The minimum Gasteiger partial charge on any atom is -0.302 e. The van der Waals surface area contributed by atoms with Crippen molar-refractivity contribution < 1.29 is 4.79 Å². The van der Waals surface area contributed by atoms with Crippen molar-refractivity contribution in [1.82, 2.24) is 4.90 Å². The first-order valence-corrected chi connectivity index (χ1v) is 5.31. The van der Waals surface area contributed by atoms with Crippen LogP contribution >= 0.6 is 22.6 Å². The van der Waals surface area contributed by atoms with Crippen molar-refractivity contribution >= 4 is 28.9 Å². The van der Waals surface area contributed by atoms with Gasteiger partial charge in [-0.15, -0.1) is 0 Å². The Balaban J connectivity index is 2.18. The molecule has 63 valence electrons. The van der Waals surface area contributed by atoms with Crippen LogP contribution in [0.15, 0.2) is 0 Å². The van der Waals surface area contributed by atoms with E-state index in [1.54, 1.807) is 0 Å². The number of hydrogen-bond donors (Lipinski definition) is 0. The largest absolute Gasteiger partial charge is 0.302 e. The van der Waals surface area contributed by atoms with Crippen molar-refractivity contribution in [2.24, 2.45) is 0 Å². The van der Waals surface area contributed by atoms with Gasteiger partial charge < -0.3 is 4.90 Å². The maximum Gasteiger partial charge on any atom is 0.213 e. The van der Waals surface area contributed by atoms with Gasteiger partial charge in [-0.3, -0.25) is 4.79 Å². The standard InChI is InChI=1S/C8H13INO/c9-8(7-11)6-10-4-2-1-3-5-10/h8H,1-6H2. The molecule has 1 saturated heterocycles. The Labute approximate surface area is 81.5 Å². The highest BCUT2D eigenvalue weighted by Gasteiger charge is 2.13. The van der Waals surface area contributed by atoms with Crippen molar-refractivity contribution in [3.63, 3.8) is 0 Å². The Morgan fingerprint density at radius 1 is 1.36 bits per heavy atom. The molecule has 3 heteroatoms. The summed E-state index contributed by atoms with van der Waals surface area (Å²) in [6, 6.07) is 0. The lowest BCUT2D eigenvalue weighted by Crippen LogP contribution is -2.34. The second-order valence-corrected chi connectivity index (χ2v) is 4.45. The van der Waals surface area contributed by atoms with Crippen LogP contribution in [0.25, 0.3) is 0 Å². The molecule has 0 saturated carbocycles. The SMILES string of the molecule is O=[C]C(I)CN1CCCCC1. The fourth-order valence-electron chi connectivity index (χ4n) is 1.41. The Morgan fingerprint density at radius 3 is 2.55 bits per heavy atom. The van der Waals surface area contributed by atoms with Crippen LogP contribution in [0.4, 0.5) is 0 Å². The van der Waals surface area contributed by atoms with E-state index in [1.807, 2.05) is 6.29 Å². The van der Waals surface area contributed by atoms with E-state index in [-0.39, 0.29) is 3.92 Å². The zero-order chi connectivity index (χ0) is 8.10. The molecule has 0 aromatic heterocycles. The maximum absolute atomic E-state index is 10.2. The molecule has 1 atom stereocenters. The number of alkyl halides is 1.